The van der Waals surface area contributed by atoms with E-state index in [1.54, 1.807) is 0 Å². The first-order chi connectivity index (χ1) is 9.16. The minimum Gasteiger partial charge on any atom is -0.491 e. The summed E-state index contributed by atoms with van der Waals surface area (Å²) in [5.74, 6) is 0.587. The van der Waals surface area contributed by atoms with Crippen molar-refractivity contribution < 1.29 is 13.9 Å². The first-order valence-corrected chi connectivity index (χ1v) is 7.39. The molecule has 1 aromatic rings. The van der Waals surface area contributed by atoms with E-state index >= 15 is 0 Å². The SMILES string of the molecule is Fc1cc(OCCNCC2CCOC2)c(Br)cc1Cl. The minimum atomic E-state index is -0.476. The Morgan fingerprint density at radius 3 is 3.11 bits per heavy atom. The summed E-state index contributed by atoms with van der Waals surface area (Å²) in [6, 6.07) is 2.78. The van der Waals surface area contributed by atoms with E-state index in [4.69, 9.17) is 21.1 Å². The molecule has 3 nitrogen and oxygen atoms in total. The van der Waals surface area contributed by atoms with Crippen molar-refractivity contribution >= 4 is 27.5 Å². The van der Waals surface area contributed by atoms with Crippen molar-refractivity contribution in [3.05, 3.63) is 27.4 Å². The van der Waals surface area contributed by atoms with Crippen LogP contribution in [0.5, 0.6) is 5.75 Å². The molecule has 0 amide bonds. The Hall–Kier alpha value is -0.360. The number of hydrogen-bond acceptors (Lipinski definition) is 3. The molecule has 1 unspecified atom stereocenters. The van der Waals surface area contributed by atoms with Crippen molar-refractivity contribution in [2.75, 3.05) is 32.9 Å². The average Bonchev–Trinajstić information content (AvgIpc) is 2.88. The lowest BCUT2D eigenvalue weighted by Crippen LogP contribution is -2.27. The van der Waals surface area contributed by atoms with Crippen LogP contribution >= 0.6 is 27.5 Å². The van der Waals surface area contributed by atoms with Crippen molar-refractivity contribution in [3.63, 3.8) is 0 Å². The van der Waals surface area contributed by atoms with Gasteiger partial charge in [0.25, 0.3) is 0 Å². The quantitative estimate of drug-likeness (QED) is 0.630. The van der Waals surface area contributed by atoms with Crippen molar-refractivity contribution in [1.29, 1.82) is 0 Å². The molecule has 0 saturated carbocycles. The van der Waals surface area contributed by atoms with Crippen molar-refractivity contribution in [3.8, 4) is 5.75 Å². The van der Waals surface area contributed by atoms with Gasteiger partial charge in [-0.15, -0.1) is 0 Å². The van der Waals surface area contributed by atoms with Gasteiger partial charge in [0.2, 0.25) is 0 Å². The van der Waals surface area contributed by atoms with Crippen LogP contribution in [0, 0.1) is 11.7 Å². The second kappa shape index (κ2) is 7.43. The van der Waals surface area contributed by atoms with Crippen LogP contribution in [0.15, 0.2) is 16.6 Å². The highest BCUT2D eigenvalue weighted by Crippen LogP contribution is 2.30. The van der Waals surface area contributed by atoms with Crippen molar-refractivity contribution in [1.82, 2.24) is 5.32 Å². The summed E-state index contributed by atoms with van der Waals surface area (Å²) < 4.78 is 24.7. The number of benzene rings is 1. The Morgan fingerprint density at radius 2 is 2.37 bits per heavy atom. The molecule has 1 atom stereocenters. The van der Waals surface area contributed by atoms with Gasteiger partial charge in [-0.3, -0.25) is 0 Å². The summed E-state index contributed by atoms with van der Waals surface area (Å²) in [5.41, 5.74) is 0. The molecule has 0 bridgehead atoms. The largest absolute Gasteiger partial charge is 0.491 e. The second-order valence-electron chi connectivity index (χ2n) is 4.48. The lowest BCUT2D eigenvalue weighted by Gasteiger charge is -2.11. The fourth-order valence-corrected chi connectivity index (χ4v) is 2.65. The second-order valence-corrected chi connectivity index (χ2v) is 5.74. The average molecular weight is 353 g/mol. The molecule has 0 aliphatic carbocycles. The highest BCUT2D eigenvalue weighted by atomic mass is 79.9. The van der Waals surface area contributed by atoms with E-state index in [1.807, 2.05) is 0 Å². The first kappa shape index (κ1) is 15.0. The Bertz CT molecular complexity index is 427. The predicted octanol–water partition coefficient (Wildman–Crippen LogP) is 3.25. The van der Waals surface area contributed by atoms with Crippen LogP contribution < -0.4 is 10.1 Å². The maximum atomic E-state index is 13.3. The lowest BCUT2D eigenvalue weighted by molar-refractivity contribution is 0.185. The smallest absolute Gasteiger partial charge is 0.145 e. The van der Waals surface area contributed by atoms with E-state index in [9.17, 15) is 4.39 Å². The molecule has 2 rings (SSSR count). The summed E-state index contributed by atoms with van der Waals surface area (Å²) in [4.78, 5) is 0. The van der Waals surface area contributed by atoms with Crippen LogP contribution in [-0.2, 0) is 4.74 Å². The molecule has 0 radical (unpaired) electrons. The van der Waals surface area contributed by atoms with Gasteiger partial charge in [-0.1, -0.05) is 11.6 Å². The standard InChI is InChI=1S/C13H16BrClFNO2/c14-10-5-11(15)12(16)6-13(10)19-4-2-17-7-9-1-3-18-8-9/h5-6,9,17H,1-4,7-8H2. The van der Waals surface area contributed by atoms with Gasteiger partial charge in [-0.2, -0.15) is 0 Å². The highest BCUT2D eigenvalue weighted by Gasteiger charge is 2.14. The summed E-state index contributed by atoms with van der Waals surface area (Å²) in [6.07, 6.45) is 1.11. The normalized spacial score (nSPS) is 18.8. The fraction of sp³-hybridized carbons (Fsp3) is 0.538. The van der Waals surface area contributed by atoms with Gasteiger partial charge in [0.05, 0.1) is 16.1 Å². The summed E-state index contributed by atoms with van der Waals surface area (Å²) in [6.45, 7) is 3.82. The number of rotatable bonds is 6. The van der Waals surface area contributed by atoms with Gasteiger partial charge >= 0.3 is 0 Å². The number of halogens is 3. The molecule has 1 saturated heterocycles. The minimum absolute atomic E-state index is 0.0820. The number of nitrogens with one attached hydrogen (secondary N) is 1. The zero-order valence-corrected chi connectivity index (χ0v) is 12.8. The van der Waals surface area contributed by atoms with E-state index < -0.39 is 5.82 Å². The van der Waals surface area contributed by atoms with E-state index in [-0.39, 0.29) is 5.02 Å². The van der Waals surface area contributed by atoms with Gasteiger partial charge in [0.1, 0.15) is 18.2 Å². The summed E-state index contributed by atoms with van der Waals surface area (Å²) >= 11 is 8.95. The third kappa shape index (κ3) is 4.60. The third-order valence-corrected chi connectivity index (χ3v) is 3.88. The van der Waals surface area contributed by atoms with Crippen LogP contribution in [0.4, 0.5) is 4.39 Å². The van der Waals surface area contributed by atoms with Gasteiger partial charge < -0.3 is 14.8 Å². The first-order valence-electron chi connectivity index (χ1n) is 6.22. The molecular weight excluding hydrogens is 337 g/mol. The zero-order chi connectivity index (χ0) is 13.7. The third-order valence-electron chi connectivity index (χ3n) is 2.97. The molecule has 0 spiro atoms. The Morgan fingerprint density at radius 1 is 1.53 bits per heavy atom. The van der Waals surface area contributed by atoms with Gasteiger partial charge in [0, 0.05) is 25.8 Å². The lowest BCUT2D eigenvalue weighted by atomic mass is 10.1. The van der Waals surface area contributed by atoms with Crippen molar-refractivity contribution in [2.24, 2.45) is 5.92 Å². The van der Waals surface area contributed by atoms with Gasteiger partial charge in [0.15, 0.2) is 0 Å². The Labute approximate surface area is 125 Å². The topological polar surface area (TPSA) is 30.5 Å². The molecule has 6 heteroatoms. The number of ether oxygens (including phenoxy) is 2. The molecule has 1 aliphatic heterocycles. The molecule has 1 heterocycles. The molecular formula is C13H16BrClFNO2. The van der Waals surface area contributed by atoms with Gasteiger partial charge in [-0.05, 0) is 34.3 Å². The molecule has 0 aromatic heterocycles. The van der Waals surface area contributed by atoms with Crippen LogP contribution in [0.1, 0.15) is 6.42 Å². The maximum Gasteiger partial charge on any atom is 0.145 e. The molecule has 1 fully saturated rings. The van der Waals surface area contributed by atoms with Crippen LogP contribution in [-0.4, -0.2) is 32.9 Å². The van der Waals surface area contributed by atoms with Crippen molar-refractivity contribution in [2.45, 2.75) is 6.42 Å². The monoisotopic (exact) mass is 351 g/mol. The molecule has 1 aliphatic rings. The van der Waals surface area contributed by atoms with E-state index in [0.717, 1.165) is 26.2 Å². The molecule has 106 valence electrons. The maximum absolute atomic E-state index is 13.3. The van der Waals surface area contributed by atoms with Crippen LogP contribution in [0.25, 0.3) is 0 Å². The number of hydrogen-bond donors (Lipinski definition) is 1. The highest BCUT2D eigenvalue weighted by molar-refractivity contribution is 9.10. The Kier molecular flexibility index (Phi) is 5.88. The van der Waals surface area contributed by atoms with E-state index in [0.29, 0.717) is 29.3 Å². The van der Waals surface area contributed by atoms with Crippen LogP contribution in [0.3, 0.4) is 0 Å². The molecule has 19 heavy (non-hydrogen) atoms. The summed E-state index contributed by atoms with van der Waals surface area (Å²) in [7, 11) is 0. The van der Waals surface area contributed by atoms with E-state index in [1.165, 1.54) is 12.1 Å². The predicted molar refractivity (Wildman–Crippen MR) is 76.4 cm³/mol. The van der Waals surface area contributed by atoms with E-state index in [2.05, 4.69) is 21.2 Å². The fourth-order valence-electron chi connectivity index (χ4n) is 1.90. The summed E-state index contributed by atoms with van der Waals surface area (Å²) in [5, 5.41) is 3.38. The zero-order valence-electron chi connectivity index (χ0n) is 10.4. The molecule has 1 N–H and O–H groups in total. The van der Waals surface area contributed by atoms with Crippen LogP contribution in [0.2, 0.25) is 5.02 Å². The van der Waals surface area contributed by atoms with Gasteiger partial charge in [-0.25, -0.2) is 4.39 Å². The molecule has 1 aromatic carbocycles. The Balaban J connectivity index is 1.69.